The molecule has 0 aliphatic carbocycles. The van der Waals surface area contributed by atoms with Gasteiger partial charge in [-0.15, -0.1) is 22.7 Å². The number of aryl methyl sites for hydroxylation is 2. The van der Waals surface area contributed by atoms with E-state index in [2.05, 4.69) is 35.7 Å². The average molecular weight is 442 g/mol. The maximum atomic E-state index is 13.2. The van der Waals surface area contributed by atoms with Gasteiger partial charge in [0.25, 0.3) is 11.5 Å². The first-order valence-electron chi connectivity index (χ1n) is 9.56. The minimum atomic E-state index is -0.176. The van der Waals surface area contributed by atoms with Gasteiger partial charge >= 0.3 is 0 Å². The number of fused-ring (bicyclic) bond motifs is 2. The normalized spacial score (nSPS) is 12.1. The Labute approximate surface area is 181 Å². The molecule has 4 heterocycles. The van der Waals surface area contributed by atoms with Crippen LogP contribution in [0.4, 0.5) is 0 Å². The van der Waals surface area contributed by atoms with Crippen LogP contribution < -0.4 is 5.56 Å². The number of thiophene rings is 2. The molecule has 0 spiro atoms. The van der Waals surface area contributed by atoms with E-state index in [0.29, 0.717) is 20.9 Å². The molecule has 4 aromatic rings. The smallest absolute Gasteiger partial charge is 0.268 e. The van der Waals surface area contributed by atoms with Crippen molar-refractivity contribution in [3.63, 3.8) is 0 Å². The molecule has 0 unspecified atom stereocenters. The number of H-pyrrole nitrogens is 1. The van der Waals surface area contributed by atoms with Crippen LogP contribution in [0.5, 0.6) is 0 Å². The van der Waals surface area contributed by atoms with E-state index in [4.69, 9.17) is 4.98 Å². The molecule has 1 N–H and O–H groups in total. The SMILES string of the molecule is Cc1nc(C(C)(C)C)nc2sc(C(=O)N(C)Cc3nc4ccsc4c(=O)[nH]3)c(C)c12. The molecular weight excluding hydrogens is 418 g/mol. The second kappa shape index (κ2) is 7.24. The third-order valence-electron chi connectivity index (χ3n) is 4.93. The van der Waals surface area contributed by atoms with Gasteiger partial charge in [-0.2, -0.15) is 0 Å². The van der Waals surface area contributed by atoms with Gasteiger partial charge < -0.3 is 9.88 Å². The molecule has 0 aromatic carbocycles. The lowest BCUT2D eigenvalue weighted by molar-refractivity contribution is 0.0786. The second-order valence-corrected chi connectivity index (χ2v) is 10.3. The molecule has 156 valence electrons. The van der Waals surface area contributed by atoms with Gasteiger partial charge in [-0.3, -0.25) is 9.59 Å². The predicted octanol–water partition coefficient (Wildman–Crippen LogP) is 4.18. The van der Waals surface area contributed by atoms with E-state index in [1.807, 2.05) is 25.3 Å². The predicted molar refractivity (Wildman–Crippen MR) is 122 cm³/mol. The van der Waals surface area contributed by atoms with Crippen molar-refractivity contribution < 1.29 is 4.79 Å². The summed E-state index contributed by atoms with van der Waals surface area (Å²) in [5, 5.41) is 2.78. The molecule has 0 atom stereocenters. The molecule has 0 fully saturated rings. The molecule has 4 rings (SSSR count). The number of nitrogens with zero attached hydrogens (tertiary/aromatic N) is 4. The number of hydrogen-bond donors (Lipinski definition) is 1. The quantitative estimate of drug-likeness (QED) is 0.515. The summed E-state index contributed by atoms with van der Waals surface area (Å²) in [7, 11) is 1.71. The van der Waals surface area contributed by atoms with Crippen LogP contribution in [0.1, 0.15) is 53.3 Å². The number of amides is 1. The number of carbonyl (C=O) groups is 1. The van der Waals surface area contributed by atoms with Crippen molar-refractivity contribution in [3.05, 3.63) is 49.6 Å². The topological polar surface area (TPSA) is 91.8 Å². The van der Waals surface area contributed by atoms with Crippen LogP contribution in [-0.2, 0) is 12.0 Å². The molecule has 30 heavy (non-hydrogen) atoms. The average Bonchev–Trinajstić information content (AvgIpc) is 3.25. The molecule has 7 nitrogen and oxygen atoms in total. The first-order valence-corrected chi connectivity index (χ1v) is 11.3. The Balaban J connectivity index is 1.68. The lowest BCUT2D eigenvalue weighted by Gasteiger charge is -2.17. The van der Waals surface area contributed by atoms with Crippen molar-refractivity contribution in [2.24, 2.45) is 0 Å². The lowest BCUT2D eigenvalue weighted by atomic mass is 9.95. The summed E-state index contributed by atoms with van der Waals surface area (Å²) in [4.78, 5) is 45.1. The van der Waals surface area contributed by atoms with Crippen LogP contribution in [-0.4, -0.2) is 37.8 Å². The number of carbonyl (C=O) groups excluding carboxylic acids is 1. The van der Waals surface area contributed by atoms with Gasteiger partial charge in [0.2, 0.25) is 0 Å². The number of aromatic nitrogens is 4. The summed E-state index contributed by atoms with van der Waals surface area (Å²) in [5.41, 5.74) is 2.08. The van der Waals surface area contributed by atoms with Gasteiger partial charge in [-0.05, 0) is 30.9 Å². The van der Waals surface area contributed by atoms with Crippen molar-refractivity contribution >= 4 is 49.0 Å². The second-order valence-electron chi connectivity index (χ2n) is 8.43. The zero-order valence-electron chi connectivity index (χ0n) is 17.8. The summed E-state index contributed by atoms with van der Waals surface area (Å²) in [5.74, 6) is 1.11. The number of aromatic amines is 1. The zero-order valence-corrected chi connectivity index (χ0v) is 19.4. The van der Waals surface area contributed by atoms with E-state index in [0.717, 1.165) is 27.3 Å². The van der Waals surface area contributed by atoms with Crippen LogP contribution in [0.3, 0.4) is 0 Å². The lowest BCUT2D eigenvalue weighted by Crippen LogP contribution is -2.28. The minimum absolute atomic E-state index is 0.125. The molecule has 0 aliphatic rings. The Kier molecular flexibility index (Phi) is 4.98. The molecule has 9 heteroatoms. The number of nitrogens with one attached hydrogen (secondary N) is 1. The minimum Gasteiger partial charge on any atom is -0.334 e. The summed E-state index contributed by atoms with van der Waals surface area (Å²) < 4.78 is 0.594. The Morgan fingerprint density at radius 1 is 1.20 bits per heavy atom. The van der Waals surface area contributed by atoms with E-state index in [9.17, 15) is 9.59 Å². The first kappa shape index (κ1) is 20.6. The summed E-state index contributed by atoms with van der Waals surface area (Å²) >= 11 is 2.74. The van der Waals surface area contributed by atoms with Gasteiger partial charge in [-0.25, -0.2) is 15.0 Å². The van der Waals surface area contributed by atoms with Crippen LogP contribution in [0.25, 0.3) is 20.4 Å². The Bertz CT molecular complexity index is 1340. The molecule has 0 radical (unpaired) electrons. The monoisotopic (exact) mass is 441 g/mol. The third kappa shape index (κ3) is 3.52. The van der Waals surface area contributed by atoms with E-state index in [1.165, 1.54) is 22.7 Å². The largest absolute Gasteiger partial charge is 0.334 e. The Morgan fingerprint density at radius 3 is 2.63 bits per heavy atom. The fourth-order valence-corrected chi connectivity index (χ4v) is 5.30. The van der Waals surface area contributed by atoms with Gasteiger partial charge in [-0.1, -0.05) is 20.8 Å². The molecule has 0 bridgehead atoms. The number of hydrogen-bond acceptors (Lipinski definition) is 7. The van der Waals surface area contributed by atoms with E-state index in [1.54, 1.807) is 11.9 Å². The van der Waals surface area contributed by atoms with E-state index >= 15 is 0 Å². The Morgan fingerprint density at radius 2 is 1.93 bits per heavy atom. The van der Waals surface area contributed by atoms with Crippen molar-refractivity contribution in [2.45, 2.75) is 46.6 Å². The Hall–Kier alpha value is -2.65. The third-order valence-corrected chi connectivity index (χ3v) is 7.01. The highest BCUT2D eigenvalue weighted by Crippen LogP contribution is 2.33. The summed E-state index contributed by atoms with van der Waals surface area (Å²) in [6.45, 7) is 10.3. The maximum absolute atomic E-state index is 13.2. The van der Waals surface area contributed by atoms with Crippen molar-refractivity contribution in [1.29, 1.82) is 0 Å². The summed E-state index contributed by atoms with van der Waals surface area (Å²) in [6, 6.07) is 1.81. The summed E-state index contributed by atoms with van der Waals surface area (Å²) in [6.07, 6.45) is 0. The van der Waals surface area contributed by atoms with Crippen LogP contribution in [0, 0.1) is 13.8 Å². The molecular formula is C21H23N5O2S2. The fraction of sp³-hybridized carbons (Fsp3) is 0.381. The van der Waals surface area contributed by atoms with Crippen LogP contribution in [0.2, 0.25) is 0 Å². The highest BCUT2D eigenvalue weighted by atomic mass is 32.1. The standard InChI is InChI=1S/C21H23N5O2S2/c1-10-14-11(2)22-20(21(3,4)5)25-18(14)30-15(10)19(28)26(6)9-13-23-12-7-8-29-16(12)17(27)24-13/h7-8H,9H2,1-6H3,(H,23,24,27). The van der Waals surface area contributed by atoms with Gasteiger partial charge in [0.05, 0.1) is 22.6 Å². The highest BCUT2D eigenvalue weighted by molar-refractivity contribution is 7.20. The highest BCUT2D eigenvalue weighted by Gasteiger charge is 2.25. The molecule has 0 saturated carbocycles. The van der Waals surface area contributed by atoms with Gasteiger partial charge in [0.15, 0.2) is 0 Å². The molecule has 0 saturated heterocycles. The zero-order chi connectivity index (χ0) is 21.8. The van der Waals surface area contributed by atoms with Crippen molar-refractivity contribution in [3.8, 4) is 0 Å². The van der Waals surface area contributed by atoms with Crippen molar-refractivity contribution in [1.82, 2.24) is 24.8 Å². The van der Waals surface area contributed by atoms with Crippen molar-refractivity contribution in [2.75, 3.05) is 7.05 Å². The number of rotatable bonds is 3. The van der Waals surface area contributed by atoms with Gasteiger partial charge in [0, 0.05) is 17.8 Å². The van der Waals surface area contributed by atoms with Crippen LogP contribution in [0.15, 0.2) is 16.2 Å². The van der Waals surface area contributed by atoms with E-state index < -0.39 is 0 Å². The molecule has 1 amide bonds. The fourth-order valence-electron chi connectivity index (χ4n) is 3.34. The van der Waals surface area contributed by atoms with Crippen LogP contribution >= 0.6 is 22.7 Å². The first-order chi connectivity index (χ1) is 14.1. The molecule has 4 aromatic heterocycles. The van der Waals surface area contributed by atoms with Gasteiger partial charge in [0.1, 0.15) is 21.2 Å². The maximum Gasteiger partial charge on any atom is 0.268 e. The molecule has 0 aliphatic heterocycles. The van der Waals surface area contributed by atoms with E-state index in [-0.39, 0.29) is 23.4 Å².